The highest BCUT2D eigenvalue weighted by Crippen LogP contribution is 2.21. The molecule has 0 aliphatic heterocycles. The number of thioether (sulfide) groups is 1. The van der Waals surface area contributed by atoms with Crippen molar-refractivity contribution in [3.8, 4) is 0 Å². The summed E-state index contributed by atoms with van der Waals surface area (Å²) in [7, 11) is 0. The van der Waals surface area contributed by atoms with E-state index in [1.54, 1.807) is 6.07 Å². The van der Waals surface area contributed by atoms with E-state index in [2.05, 4.69) is 9.97 Å². The number of aromatic carboxylic acids is 1. The molecular weight excluding hydrogens is 340 g/mol. The van der Waals surface area contributed by atoms with E-state index in [0.717, 1.165) is 5.56 Å². The first-order valence-corrected chi connectivity index (χ1v) is 8.60. The van der Waals surface area contributed by atoms with Crippen LogP contribution in [0.1, 0.15) is 33.1 Å². The van der Waals surface area contributed by atoms with Gasteiger partial charge in [0.05, 0.1) is 5.75 Å². The summed E-state index contributed by atoms with van der Waals surface area (Å²) >= 11 is 1.29. The lowest BCUT2D eigenvalue weighted by molar-refractivity contribution is 0.0661. The van der Waals surface area contributed by atoms with Crippen LogP contribution in [-0.4, -0.2) is 21.0 Å². The van der Waals surface area contributed by atoms with E-state index in [9.17, 15) is 9.59 Å². The molecule has 128 valence electrons. The number of hydrogen-bond acceptors (Lipinski definition) is 5. The number of aromatic amines is 1. The number of aromatic nitrogens is 2. The molecule has 0 aliphatic carbocycles. The Kier molecular flexibility index (Phi) is 5.04. The number of nitrogens with zero attached hydrogens (tertiary/aromatic N) is 1. The van der Waals surface area contributed by atoms with Gasteiger partial charge < -0.3 is 14.5 Å². The Bertz CT molecular complexity index is 947. The number of carboxylic acid groups (broad SMARTS) is 1. The zero-order valence-corrected chi connectivity index (χ0v) is 14.3. The van der Waals surface area contributed by atoms with E-state index in [4.69, 9.17) is 9.52 Å². The van der Waals surface area contributed by atoms with Crippen LogP contribution < -0.4 is 5.56 Å². The molecule has 3 aromatic rings. The molecule has 0 radical (unpaired) electrons. The summed E-state index contributed by atoms with van der Waals surface area (Å²) in [6, 6.07) is 12.8. The lowest BCUT2D eigenvalue weighted by Gasteiger charge is -2.07. The summed E-state index contributed by atoms with van der Waals surface area (Å²) in [4.78, 5) is 30.4. The van der Waals surface area contributed by atoms with Crippen molar-refractivity contribution in [1.82, 2.24) is 9.97 Å². The van der Waals surface area contributed by atoms with Crippen molar-refractivity contribution in [2.75, 3.05) is 0 Å². The normalized spacial score (nSPS) is 10.8. The molecule has 0 aliphatic rings. The summed E-state index contributed by atoms with van der Waals surface area (Å²) in [5.74, 6) is -0.320. The Hall–Kier alpha value is -2.80. The minimum atomic E-state index is -1.11. The predicted molar refractivity (Wildman–Crippen MR) is 94.1 cm³/mol. The zero-order chi connectivity index (χ0) is 17.8. The van der Waals surface area contributed by atoms with Crippen LogP contribution in [0.5, 0.6) is 0 Å². The summed E-state index contributed by atoms with van der Waals surface area (Å²) in [5, 5.41) is 9.33. The second kappa shape index (κ2) is 7.40. The van der Waals surface area contributed by atoms with Crippen LogP contribution in [-0.2, 0) is 12.2 Å². The minimum absolute atomic E-state index is 0.105. The van der Waals surface area contributed by atoms with Gasteiger partial charge in [-0.25, -0.2) is 9.78 Å². The third-order valence-electron chi connectivity index (χ3n) is 3.65. The Labute approximate surface area is 147 Å². The monoisotopic (exact) mass is 356 g/mol. The molecule has 2 aromatic heterocycles. The second-order valence-electron chi connectivity index (χ2n) is 5.46. The Morgan fingerprint density at radius 2 is 2.00 bits per heavy atom. The fourth-order valence-electron chi connectivity index (χ4n) is 2.37. The van der Waals surface area contributed by atoms with Gasteiger partial charge in [0, 0.05) is 17.7 Å². The van der Waals surface area contributed by atoms with Gasteiger partial charge in [0.25, 0.3) is 5.56 Å². The predicted octanol–water partition coefficient (Wildman–Crippen LogP) is 3.25. The number of hydrogen-bond donors (Lipinski definition) is 2. The van der Waals surface area contributed by atoms with E-state index in [-0.39, 0.29) is 11.3 Å². The quantitative estimate of drug-likeness (QED) is 0.520. The van der Waals surface area contributed by atoms with Crippen LogP contribution in [0.3, 0.4) is 0 Å². The third-order valence-corrected chi connectivity index (χ3v) is 4.54. The minimum Gasteiger partial charge on any atom is -0.475 e. The van der Waals surface area contributed by atoms with Gasteiger partial charge in [-0.15, -0.1) is 0 Å². The Balaban J connectivity index is 1.73. The van der Waals surface area contributed by atoms with Gasteiger partial charge >= 0.3 is 5.97 Å². The number of aryl methyl sites for hydroxylation is 1. The molecule has 2 heterocycles. The first-order valence-electron chi connectivity index (χ1n) is 7.61. The molecule has 0 atom stereocenters. The lowest BCUT2D eigenvalue weighted by atomic mass is 10.1. The molecule has 0 bridgehead atoms. The maximum absolute atomic E-state index is 12.4. The molecule has 7 heteroatoms. The summed E-state index contributed by atoms with van der Waals surface area (Å²) in [6.45, 7) is 1.81. The Morgan fingerprint density at radius 3 is 2.64 bits per heavy atom. The van der Waals surface area contributed by atoms with Gasteiger partial charge in [-0.1, -0.05) is 42.1 Å². The third kappa shape index (κ3) is 4.19. The molecular formula is C18H16N2O4S. The molecule has 0 saturated heterocycles. The van der Waals surface area contributed by atoms with Crippen molar-refractivity contribution in [2.24, 2.45) is 0 Å². The standard InChI is InChI=1S/C18H16N2O4S/c1-11-14(9-12-5-3-2-4-6-12)16(21)20-18(19-11)25-10-13-7-8-15(24-13)17(22)23/h2-8H,9-10H2,1H3,(H,22,23)(H,19,20,21). The van der Waals surface area contributed by atoms with E-state index in [1.807, 2.05) is 37.3 Å². The van der Waals surface area contributed by atoms with Crippen LogP contribution in [0.25, 0.3) is 0 Å². The first kappa shape index (κ1) is 17.0. The van der Waals surface area contributed by atoms with Crippen molar-refractivity contribution < 1.29 is 14.3 Å². The SMILES string of the molecule is Cc1nc(SCc2ccc(C(=O)O)o2)[nH]c(=O)c1Cc1ccccc1. The molecule has 0 fully saturated rings. The van der Waals surface area contributed by atoms with E-state index in [0.29, 0.717) is 34.3 Å². The van der Waals surface area contributed by atoms with Gasteiger partial charge in [-0.05, 0) is 24.6 Å². The zero-order valence-electron chi connectivity index (χ0n) is 13.5. The molecule has 25 heavy (non-hydrogen) atoms. The molecule has 0 spiro atoms. The number of H-pyrrole nitrogens is 1. The average molecular weight is 356 g/mol. The van der Waals surface area contributed by atoms with Crippen molar-refractivity contribution in [2.45, 2.75) is 24.3 Å². The number of carboxylic acids is 1. The topological polar surface area (TPSA) is 96.2 Å². The highest BCUT2D eigenvalue weighted by atomic mass is 32.2. The molecule has 0 amide bonds. The highest BCUT2D eigenvalue weighted by molar-refractivity contribution is 7.98. The van der Waals surface area contributed by atoms with Crippen LogP contribution in [0.4, 0.5) is 0 Å². The lowest BCUT2D eigenvalue weighted by Crippen LogP contribution is -2.17. The highest BCUT2D eigenvalue weighted by Gasteiger charge is 2.12. The number of rotatable bonds is 6. The number of furan rings is 1. The molecule has 0 saturated carbocycles. The van der Waals surface area contributed by atoms with Crippen molar-refractivity contribution in [1.29, 1.82) is 0 Å². The molecule has 2 N–H and O–H groups in total. The second-order valence-corrected chi connectivity index (χ2v) is 6.42. The van der Waals surface area contributed by atoms with E-state index >= 15 is 0 Å². The van der Waals surface area contributed by atoms with Gasteiger partial charge in [0.15, 0.2) is 5.16 Å². The van der Waals surface area contributed by atoms with Gasteiger partial charge in [0.2, 0.25) is 5.76 Å². The average Bonchev–Trinajstić information content (AvgIpc) is 3.07. The van der Waals surface area contributed by atoms with E-state index in [1.165, 1.54) is 17.8 Å². The number of carbonyl (C=O) groups is 1. The van der Waals surface area contributed by atoms with Gasteiger partial charge in [-0.2, -0.15) is 0 Å². The number of nitrogens with one attached hydrogen (secondary N) is 1. The molecule has 1 aromatic carbocycles. The molecule has 6 nitrogen and oxygen atoms in total. The van der Waals surface area contributed by atoms with Gasteiger partial charge in [0.1, 0.15) is 5.76 Å². The van der Waals surface area contributed by atoms with Gasteiger partial charge in [-0.3, -0.25) is 4.79 Å². The summed E-state index contributed by atoms with van der Waals surface area (Å²) in [6.07, 6.45) is 0.528. The smallest absolute Gasteiger partial charge is 0.371 e. The van der Waals surface area contributed by atoms with Crippen LogP contribution in [0, 0.1) is 6.92 Å². The maximum atomic E-state index is 12.4. The fourth-order valence-corrected chi connectivity index (χ4v) is 3.17. The summed E-state index contributed by atoms with van der Waals surface area (Å²) in [5.41, 5.74) is 2.21. The molecule has 3 rings (SSSR count). The number of benzene rings is 1. The largest absolute Gasteiger partial charge is 0.475 e. The van der Waals surface area contributed by atoms with Crippen molar-refractivity contribution in [3.63, 3.8) is 0 Å². The Morgan fingerprint density at radius 1 is 1.24 bits per heavy atom. The maximum Gasteiger partial charge on any atom is 0.371 e. The van der Waals surface area contributed by atoms with Crippen molar-refractivity contribution >= 4 is 17.7 Å². The summed E-state index contributed by atoms with van der Waals surface area (Å²) < 4.78 is 5.19. The van der Waals surface area contributed by atoms with Crippen molar-refractivity contribution in [3.05, 3.63) is 81.2 Å². The van der Waals surface area contributed by atoms with Crippen LogP contribution in [0.2, 0.25) is 0 Å². The fraction of sp³-hybridized carbons (Fsp3) is 0.167. The van der Waals surface area contributed by atoms with E-state index < -0.39 is 5.97 Å². The molecule has 0 unspecified atom stereocenters. The van der Waals surface area contributed by atoms with Crippen LogP contribution in [0.15, 0.2) is 56.8 Å². The van der Waals surface area contributed by atoms with Crippen LogP contribution >= 0.6 is 11.8 Å². The first-order chi connectivity index (χ1) is 12.0.